The number of para-hydroxylation sites is 1. The van der Waals surface area contributed by atoms with Crippen LogP contribution in [-0.2, 0) is 7.05 Å². The van der Waals surface area contributed by atoms with Crippen LogP contribution in [0.25, 0.3) is 5.69 Å². The summed E-state index contributed by atoms with van der Waals surface area (Å²) >= 11 is 0. The molecule has 3 N–H and O–H groups in total. The van der Waals surface area contributed by atoms with Crippen LogP contribution in [-0.4, -0.2) is 55.7 Å². The van der Waals surface area contributed by atoms with Gasteiger partial charge in [0.05, 0.1) is 5.69 Å². The number of nitrogens with two attached hydrogens (primary N) is 1. The van der Waals surface area contributed by atoms with E-state index in [-0.39, 0.29) is 35.7 Å². The Kier molecular flexibility index (Phi) is 6.00. The van der Waals surface area contributed by atoms with Crippen LogP contribution < -0.4 is 11.1 Å². The molecule has 3 heterocycles. The maximum atomic E-state index is 13.3. The number of nitrogens with one attached hydrogen (secondary N) is 1. The van der Waals surface area contributed by atoms with Gasteiger partial charge in [0.2, 0.25) is 0 Å². The van der Waals surface area contributed by atoms with Gasteiger partial charge in [-0.05, 0) is 12.1 Å². The Morgan fingerprint density at radius 3 is 2.66 bits per heavy atom. The number of aryl methyl sites for hydroxylation is 1. The Bertz CT molecular complexity index is 1010. The van der Waals surface area contributed by atoms with E-state index in [1.807, 2.05) is 36.0 Å². The minimum absolute atomic E-state index is 0. The number of hydrogen-bond acceptors (Lipinski definition) is 5. The van der Waals surface area contributed by atoms with Crippen LogP contribution in [0.4, 0.5) is 0 Å². The Hall–Kier alpha value is -3.17. The summed E-state index contributed by atoms with van der Waals surface area (Å²) in [4.78, 5) is 31.3. The van der Waals surface area contributed by atoms with Crippen molar-refractivity contribution in [2.75, 3.05) is 19.6 Å². The van der Waals surface area contributed by atoms with Crippen LogP contribution in [0.3, 0.4) is 0 Å². The molecule has 9 nitrogen and oxygen atoms in total. The van der Waals surface area contributed by atoms with E-state index >= 15 is 0 Å². The number of carbonyl (C=O) groups excluding carboxylic acids is 2. The summed E-state index contributed by atoms with van der Waals surface area (Å²) in [7, 11) is 1.90. The first-order valence-electron chi connectivity index (χ1n) is 9.00. The molecular weight excluding hydrogens is 394 g/mol. The van der Waals surface area contributed by atoms with Gasteiger partial charge in [-0.25, -0.2) is 9.67 Å². The number of amides is 2. The molecule has 2 amide bonds. The predicted octanol–water partition coefficient (Wildman–Crippen LogP) is 0.913. The van der Waals surface area contributed by atoms with Crippen molar-refractivity contribution in [3.8, 4) is 5.69 Å². The molecule has 1 aliphatic heterocycles. The van der Waals surface area contributed by atoms with Gasteiger partial charge >= 0.3 is 0 Å². The lowest BCUT2D eigenvalue weighted by molar-refractivity contribution is 0.0614. The fraction of sp³-hybridized carbons (Fsp3) is 0.263. The van der Waals surface area contributed by atoms with Gasteiger partial charge in [-0.2, -0.15) is 5.10 Å². The number of rotatable bonds is 4. The van der Waals surface area contributed by atoms with Crippen LogP contribution in [0, 0.1) is 0 Å². The topological polar surface area (TPSA) is 111 Å². The highest BCUT2D eigenvalue weighted by atomic mass is 35.5. The minimum atomic E-state index is -0.642. The van der Waals surface area contributed by atoms with Gasteiger partial charge in [0.25, 0.3) is 11.8 Å². The summed E-state index contributed by atoms with van der Waals surface area (Å²) in [5.74, 6) is -0.110. The lowest BCUT2D eigenvalue weighted by Crippen LogP contribution is -2.49. The van der Waals surface area contributed by atoms with Crippen LogP contribution in [0.5, 0.6) is 0 Å². The van der Waals surface area contributed by atoms with Gasteiger partial charge in [0.15, 0.2) is 5.69 Å². The average Bonchev–Trinajstić information content (AvgIpc) is 3.35. The second-order valence-electron chi connectivity index (χ2n) is 6.64. The molecule has 1 saturated heterocycles. The number of nitrogens with zero attached hydrogens (tertiary/aromatic N) is 5. The van der Waals surface area contributed by atoms with E-state index in [4.69, 9.17) is 5.73 Å². The van der Waals surface area contributed by atoms with Crippen LogP contribution in [0.1, 0.15) is 32.8 Å². The zero-order valence-corrected chi connectivity index (χ0v) is 16.7. The van der Waals surface area contributed by atoms with Gasteiger partial charge in [-0.3, -0.25) is 9.59 Å². The number of aromatic nitrogens is 4. The molecule has 0 saturated carbocycles. The van der Waals surface area contributed by atoms with Crippen LogP contribution in [0.2, 0.25) is 0 Å². The highest BCUT2D eigenvalue weighted by Crippen LogP contribution is 2.23. The van der Waals surface area contributed by atoms with Crippen molar-refractivity contribution in [2.24, 2.45) is 12.8 Å². The summed E-state index contributed by atoms with van der Waals surface area (Å²) < 4.78 is 3.31. The normalized spacial score (nSPS) is 16.3. The lowest BCUT2D eigenvalue weighted by Gasteiger charge is -2.35. The number of primary amides is 1. The average molecular weight is 416 g/mol. The van der Waals surface area contributed by atoms with Gasteiger partial charge in [0, 0.05) is 45.1 Å². The van der Waals surface area contributed by atoms with E-state index in [0.717, 1.165) is 5.82 Å². The molecule has 1 aromatic carbocycles. The summed E-state index contributed by atoms with van der Waals surface area (Å²) in [6.45, 7) is 1.79. The van der Waals surface area contributed by atoms with Crippen molar-refractivity contribution >= 4 is 24.2 Å². The summed E-state index contributed by atoms with van der Waals surface area (Å²) in [5, 5.41) is 7.69. The molecule has 152 valence electrons. The molecule has 1 aliphatic rings. The van der Waals surface area contributed by atoms with Crippen LogP contribution >= 0.6 is 12.4 Å². The van der Waals surface area contributed by atoms with E-state index in [9.17, 15) is 9.59 Å². The first-order valence-corrected chi connectivity index (χ1v) is 9.00. The van der Waals surface area contributed by atoms with E-state index < -0.39 is 5.91 Å². The molecule has 3 aromatic rings. The molecule has 2 aromatic heterocycles. The minimum Gasteiger partial charge on any atom is -0.364 e. The van der Waals surface area contributed by atoms with Crippen molar-refractivity contribution in [1.82, 2.24) is 29.5 Å². The second-order valence-corrected chi connectivity index (χ2v) is 6.64. The third-order valence-corrected chi connectivity index (χ3v) is 4.84. The molecule has 0 spiro atoms. The summed E-state index contributed by atoms with van der Waals surface area (Å²) in [6.07, 6.45) is 3.56. The first kappa shape index (κ1) is 20.6. The molecular formula is C19H22ClN7O2. The van der Waals surface area contributed by atoms with Gasteiger partial charge < -0.3 is 20.5 Å². The van der Waals surface area contributed by atoms with Crippen molar-refractivity contribution in [3.63, 3.8) is 0 Å². The monoisotopic (exact) mass is 415 g/mol. The van der Waals surface area contributed by atoms with Crippen molar-refractivity contribution in [1.29, 1.82) is 0 Å². The van der Waals surface area contributed by atoms with E-state index in [0.29, 0.717) is 25.3 Å². The zero-order valence-electron chi connectivity index (χ0n) is 15.9. The Balaban J connectivity index is 0.00000240. The van der Waals surface area contributed by atoms with E-state index in [1.165, 1.54) is 10.7 Å². The largest absolute Gasteiger partial charge is 0.364 e. The van der Waals surface area contributed by atoms with E-state index in [1.54, 1.807) is 23.2 Å². The fourth-order valence-corrected chi connectivity index (χ4v) is 3.45. The molecule has 1 unspecified atom stereocenters. The molecule has 0 aliphatic carbocycles. The SMILES string of the molecule is Cl.Cn1ccnc1C1CNCCN1C(=O)c1cc(C(N)=O)n(-c2ccccc2)n1. The highest BCUT2D eigenvalue weighted by Gasteiger charge is 2.33. The molecule has 4 rings (SSSR count). The molecule has 29 heavy (non-hydrogen) atoms. The van der Waals surface area contributed by atoms with Crippen molar-refractivity contribution < 1.29 is 9.59 Å². The number of piperazine rings is 1. The summed E-state index contributed by atoms with van der Waals surface area (Å²) in [6, 6.07) is 10.4. The summed E-state index contributed by atoms with van der Waals surface area (Å²) in [5.41, 5.74) is 6.53. The fourth-order valence-electron chi connectivity index (χ4n) is 3.45. The number of carbonyl (C=O) groups is 2. The smallest absolute Gasteiger partial charge is 0.275 e. The van der Waals surface area contributed by atoms with Gasteiger partial charge in [-0.15, -0.1) is 12.4 Å². The molecule has 1 fully saturated rings. The Morgan fingerprint density at radius 1 is 1.24 bits per heavy atom. The number of imidazole rings is 1. The maximum Gasteiger partial charge on any atom is 0.275 e. The van der Waals surface area contributed by atoms with Crippen molar-refractivity contribution in [2.45, 2.75) is 6.04 Å². The molecule has 0 radical (unpaired) electrons. The molecule has 0 bridgehead atoms. The maximum absolute atomic E-state index is 13.3. The zero-order chi connectivity index (χ0) is 19.7. The Labute approximate surface area is 173 Å². The van der Waals surface area contributed by atoms with E-state index in [2.05, 4.69) is 15.4 Å². The van der Waals surface area contributed by atoms with Crippen LogP contribution in [0.15, 0.2) is 48.8 Å². The molecule has 1 atom stereocenters. The predicted molar refractivity (Wildman–Crippen MR) is 109 cm³/mol. The number of halogens is 1. The third kappa shape index (κ3) is 3.87. The third-order valence-electron chi connectivity index (χ3n) is 4.84. The Morgan fingerprint density at radius 2 is 2.00 bits per heavy atom. The first-order chi connectivity index (χ1) is 13.6. The highest BCUT2D eigenvalue weighted by molar-refractivity contribution is 5.98. The standard InChI is InChI=1S/C19H21N7O2.ClH/c1-24-9-8-22-18(24)16-12-21-7-10-25(16)19(28)14-11-15(17(20)27)26(23-14)13-5-3-2-4-6-13;/h2-6,8-9,11,16,21H,7,10,12H2,1H3,(H2,20,27);1H. The van der Waals surface area contributed by atoms with Gasteiger partial charge in [0.1, 0.15) is 17.6 Å². The van der Waals surface area contributed by atoms with Gasteiger partial charge in [-0.1, -0.05) is 18.2 Å². The van der Waals surface area contributed by atoms with Crippen molar-refractivity contribution in [3.05, 3.63) is 66.0 Å². The quantitative estimate of drug-likeness (QED) is 0.658. The molecule has 10 heteroatoms. The lowest BCUT2D eigenvalue weighted by atomic mass is 10.1. The number of hydrogen-bond donors (Lipinski definition) is 2. The second kappa shape index (κ2) is 8.46. The number of benzene rings is 1.